The minimum absolute atomic E-state index is 0.0309. The molecule has 0 spiro atoms. The van der Waals surface area contributed by atoms with Crippen LogP contribution in [-0.4, -0.2) is 34.7 Å². The summed E-state index contributed by atoms with van der Waals surface area (Å²) in [5.74, 6) is 0.475. The first kappa shape index (κ1) is 19.6. The minimum Gasteiger partial charge on any atom is -0.384 e. The number of nitrogens with two attached hydrogens (primary N) is 1. The van der Waals surface area contributed by atoms with E-state index in [0.717, 1.165) is 29.5 Å². The van der Waals surface area contributed by atoms with Crippen molar-refractivity contribution in [3.8, 4) is 11.1 Å². The summed E-state index contributed by atoms with van der Waals surface area (Å²) in [7, 11) is 0. The van der Waals surface area contributed by atoms with Crippen molar-refractivity contribution in [3.63, 3.8) is 0 Å². The quantitative estimate of drug-likeness (QED) is 0.462. The van der Waals surface area contributed by atoms with Crippen molar-refractivity contribution in [1.82, 2.24) is 9.88 Å². The van der Waals surface area contributed by atoms with Gasteiger partial charge in [-0.15, -0.1) is 0 Å². The van der Waals surface area contributed by atoms with Crippen LogP contribution in [0.25, 0.3) is 11.1 Å². The number of nitrogen functional groups attached to an aromatic ring is 1. The van der Waals surface area contributed by atoms with Crippen LogP contribution in [0.15, 0.2) is 71.7 Å². The van der Waals surface area contributed by atoms with E-state index in [1.807, 2.05) is 53.4 Å². The van der Waals surface area contributed by atoms with E-state index < -0.39 is 0 Å². The minimum atomic E-state index is -0.149. The third-order valence-electron chi connectivity index (χ3n) is 5.69. The Hall–Kier alpha value is -3.67. The lowest BCUT2D eigenvalue weighted by Crippen LogP contribution is -2.37. The fourth-order valence-corrected chi connectivity index (χ4v) is 3.99. The molecule has 0 atom stereocenters. The van der Waals surface area contributed by atoms with Crippen LogP contribution in [0.4, 0.5) is 0 Å². The Morgan fingerprint density at radius 2 is 1.70 bits per heavy atom. The van der Waals surface area contributed by atoms with Gasteiger partial charge in [-0.05, 0) is 59.7 Å². The maximum atomic E-state index is 12.9. The van der Waals surface area contributed by atoms with E-state index in [-0.39, 0.29) is 17.3 Å². The van der Waals surface area contributed by atoms with Gasteiger partial charge < -0.3 is 15.6 Å². The molecule has 1 fully saturated rings. The van der Waals surface area contributed by atoms with Gasteiger partial charge in [-0.25, -0.2) is 0 Å². The third kappa shape index (κ3) is 4.17. The molecule has 6 nitrogen and oxygen atoms in total. The van der Waals surface area contributed by atoms with E-state index in [9.17, 15) is 9.59 Å². The van der Waals surface area contributed by atoms with Crippen molar-refractivity contribution in [2.45, 2.75) is 18.8 Å². The summed E-state index contributed by atoms with van der Waals surface area (Å²) in [4.78, 5) is 28.9. The molecule has 4 rings (SSSR count). The Bertz CT molecular complexity index is 1130. The summed E-state index contributed by atoms with van der Waals surface area (Å²) >= 11 is 0. The molecule has 0 aliphatic carbocycles. The Labute approximate surface area is 174 Å². The molecule has 1 aliphatic rings. The number of hydrogen-bond donors (Lipinski definition) is 3. The van der Waals surface area contributed by atoms with Crippen LogP contribution in [-0.2, 0) is 0 Å². The molecule has 30 heavy (non-hydrogen) atoms. The molecule has 6 heteroatoms. The van der Waals surface area contributed by atoms with E-state index in [0.29, 0.717) is 24.6 Å². The van der Waals surface area contributed by atoms with Crippen LogP contribution in [0.1, 0.15) is 40.2 Å². The molecule has 2 heterocycles. The summed E-state index contributed by atoms with van der Waals surface area (Å²) in [5.41, 5.74) is 9.76. The summed E-state index contributed by atoms with van der Waals surface area (Å²) in [6.45, 7) is 1.40. The first-order valence-electron chi connectivity index (χ1n) is 10.0. The van der Waals surface area contributed by atoms with E-state index in [1.54, 1.807) is 12.3 Å². The second kappa shape index (κ2) is 8.37. The molecule has 1 amide bonds. The fourth-order valence-electron chi connectivity index (χ4n) is 3.99. The molecule has 152 valence electrons. The lowest BCUT2D eigenvalue weighted by Gasteiger charge is -2.32. The number of amides is 1. The van der Waals surface area contributed by atoms with Crippen LogP contribution in [0.3, 0.4) is 0 Å². The van der Waals surface area contributed by atoms with Crippen molar-refractivity contribution in [3.05, 3.63) is 93.9 Å². The van der Waals surface area contributed by atoms with Gasteiger partial charge in [-0.3, -0.25) is 15.0 Å². The highest BCUT2D eigenvalue weighted by atomic mass is 16.2. The largest absolute Gasteiger partial charge is 0.384 e. The molecule has 0 bridgehead atoms. The third-order valence-corrected chi connectivity index (χ3v) is 5.69. The van der Waals surface area contributed by atoms with Crippen molar-refractivity contribution >= 4 is 11.7 Å². The standard InChI is InChI=1S/C24H24N4O2/c25-23(26)21-3-1-2-19(14-21)17-9-12-28(13-10-17)24(30)18-6-4-16(5-7-18)20-8-11-27-22(29)15-20/h1-8,11,14-15,17H,9-10,12-13H2,(H3,25,26)(H,27,29). The highest BCUT2D eigenvalue weighted by Gasteiger charge is 2.24. The second-order valence-electron chi connectivity index (χ2n) is 7.62. The highest BCUT2D eigenvalue weighted by Crippen LogP contribution is 2.29. The van der Waals surface area contributed by atoms with Crippen molar-refractivity contribution < 1.29 is 4.79 Å². The molecule has 3 aromatic rings. The van der Waals surface area contributed by atoms with E-state index in [4.69, 9.17) is 11.1 Å². The summed E-state index contributed by atoms with van der Waals surface area (Å²) in [5, 5.41) is 7.62. The van der Waals surface area contributed by atoms with Gasteiger partial charge in [0.15, 0.2) is 0 Å². The molecule has 1 aliphatic heterocycles. The molecule has 0 unspecified atom stereocenters. The number of rotatable bonds is 4. The molecular weight excluding hydrogens is 376 g/mol. The molecule has 1 aromatic heterocycles. The molecule has 4 N–H and O–H groups in total. The molecule has 2 aromatic carbocycles. The van der Waals surface area contributed by atoms with Crippen molar-refractivity contribution in [2.24, 2.45) is 5.73 Å². The number of carbonyl (C=O) groups is 1. The smallest absolute Gasteiger partial charge is 0.253 e. The zero-order chi connectivity index (χ0) is 21.1. The number of carbonyl (C=O) groups excluding carboxylic acids is 1. The van der Waals surface area contributed by atoms with Crippen molar-refractivity contribution in [2.75, 3.05) is 13.1 Å². The number of likely N-dealkylation sites (tertiary alicyclic amines) is 1. The molecule has 1 saturated heterocycles. The number of aromatic nitrogens is 1. The van der Waals surface area contributed by atoms with Gasteiger partial charge in [0.2, 0.25) is 5.56 Å². The number of aromatic amines is 1. The summed E-state index contributed by atoms with van der Waals surface area (Å²) in [6.07, 6.45) is 3.39. The first-order valence-corrected chi connectivity index (χ1v) is 10.0. The van der Waals surface area contributed by atoms with Crippen LogP contribution in [0, 0.1) is 5.41 Å². The van der Waals surface area contributed by atoms with Gasteiger partial charge in [0.25, 0.3) is 5.91 Å². The predicted molar refractivity (Wildman–Crippen MR) is 118 cm³/mol. The highest BCUT2D eigenvalue weighted by molar-refractivity contribution is 5.95. The monoisotopic (exact) mass is 400 g/mol. The van der Waals surface area contributed by atoms with Gasteiger partial charge in [-0.1, -0.05) is 30.3 Å². The van der Waals surface area contributed by atoms with Crippen LogP contribution < -0.4 is 11.3 Å². The normalized spacial score (nSPS) is 14.5. The second-order valence-corrected chi connectivity index (χ2v) is 7.62. The number of amidine groups is 1. The topological polar surface area (TPSA) is 103 Å². The lowest BCUT2D eigenvalue weighted by molar-refractivity contribution is 0.0713. The predicted octanol–water partition coefficient (Wildman–Crippen LogP) is 3.35. The Balaban J connectivity index is 1.41. The number of nitrogens with one attached hydrogen (secondary N) is 2. The average molecular weight is 400 g/mol. The summed E-state index contributed by atoms with van der Waals surface area (Å²) in [6, 6.07) is 18.6. The van der Waals surface area contributed by atoms with E-state index in [2.05, 4.69) is 11.1 Å². The fraction of sp³-hybridized carbons (Fsp3) is 0.208. The van der Waals surface area contributed by atoms with Crippen molar-refractivity contribution in [1.29, 1.82) is 5.41 Å². The molecule has 0 radical (unpaired) electrons. The van der Waals surface area contributed by atoms with Gasteiger partial charge in [-0.2, -0.15) is 0 Å². The first-order chi connectivity index (χ1) is 14.5. The SMILES string of the molecule is N=C(N)c1cccc(C2CCN(C(=O)c3ccc(-c4cc[nH]c(=O)c4)cc3)CC2)c1. The number of nitrogens with zero attached hydrogens (tertiary/aromatic N) is 1. The Morgan fingerprint density at radius 1 is 0.967 bits per heavy atom. The van der Waals surface area contributed by atoms with Gasteiger partial charge in [0.1, 0.15) is 5.84 Å². The maximum Gasteiger partial charge on any atom is 0.253 e. The number of piperidine rings is 1. The summed E-state index contributed by atoms with van der Waals surface area (Å²) < 4.78 is 0. The number of hydrogen-bond acceptors (Lipinski definition) is 3. The van der Waals surface area contributed by atoms with Gasteiger partial charge in [0, 0.05) is 36.5 Å². The number of benzene rings is 2. The van der Waals surface area contributed by atoms with Crippen LogP contribution >= 0.6 is 0 Å². The van der Waals surface area contributed by atoms with Gasteiger partial charge >= 0.3 is 0 Å². The van der Waals surface area contributed by atoms with Crippen LogP contribution in [0.5, 0.6) is 0 Å². The van der Waals surface area contributed by atoms with Crippen LogP contribution in [0.2, 0.25) is 0 Å². The lowest BCUT2D eigenvalue weighted by atomic mass is 9.88. The molecule has 0 saturated carbocycles. The van der Waals surface area contributed by atoms with E-state index >= 15 is 0 Å². The Kier molecular flexibility index (Phi) is 5.48. The zero-order valence-electron chi connectivity index (χ0n) is 16.6. The van der Waals surface area contributed by atoms with E-state index in [1.165, 1.54) is 5.56 Å². The number of pyridine rings is 1. The average Bonchev–Trinajstić information content (AvgIpc) is 2.79. The number of H-pyrrole nitrogens is 1. The maximum absolute atomic E-state index is 12.9. The molecular formula is C24H24N4O2. The van der Waals surface area contributed by atoms with Gasteiger partial charge in [0.05, 0.1) is 0 Å². The zero-order valence-corrected chi connectivity index (χ0v) is 16.6. The Morgan fingerprint density at radius 3 is 2.37 bits per heavy atom.